The summed E-state index contributed by atoms with van der Waals surface area (Å²) in [5.41, 5.74) is 6.15. The van der Waals surface area contributed by atoms with E-state index in [1.807, 2.05) is 0 Å². The van der Waals surface area contributed by atoms with Gasteiger partial charge >= 0.3 is 0 Å². The maximum atomic E-state index is 9.93. The Bertz CT molecular complexity index is 446. The highest BCUT2D eigenvalue weighted by atomic mass is 16.3. The molecule has 2 heterocycles. The van der Waals surface area contributed by atoms with Gasteiger partial charge in [-0.2, -0.15) is 0 Å². The second kappa shape index (κ2) is 4.02. The zero-order chi connectivity index (χ0) is 10.7. The Balaban J connectivity index is 2.37. The summed E-state index contributed by atoms with van der Waals surface area (Å²) in [4.78, 5) is 11.8. The molecule has 0 aliphatic heterocycles. The summed E-state index contributed by atoms with van der Waals surface area (Å²) in [7, 11) is 0. The Morgan fingerprint density at radius 3 is 2.40 bits per heavy atom. The van der Waals surface area contributed by atoms with Crippen molar-refractivity contribution < 1.29 is 5.11 Å². The fourth-order valence-corrected chi connectivity index (χ4v) is 1.25. The SMILES string of the molecule is Nc1ncccc1C(O)c1ncccn1. The first-order chi connectivity index (χ1) is 7.29. The van der Waals surface area contributed by atoms with Gasteiger partial charge in [0.25, 0.3) is 0 Å². The van der Waals surface area contributed by atoms with E-state index >= 15 is 0 Å². The molecule has 5 heteroatoms. The van der Waals surface area contributed by atoms with E-state index in [1.54, 1.807) is 36.8 Å². The van der Waals surface area contributed by atoms with Gasteiger partial charge in [-0.1, -0.05) is 6.07 Å². The number of anilines is 1. The summed E-state index contributed by atoms with van der Waals surface area (Å²) in [6.45, 7) is 0. The minimum absolute atomic E-state index is 0.289. The molecule has 2 rings (SSSR count). The summed E-state index contributed by atoms with van der Waals surface area (Å²) in [5, 5.41) is 9.93. The largest absolute Gasteiger partial charge is 0.383 e. The van der Waals surface area contributed by atoms with Crippen LogP contribution in [0, 0.1) is 0 Å². The van der Waals surface area contributed by atoms with Crippen molar-refractivity contribution in [3.8, 4) is 0 Å². The zero-order valence-electron chi connectivity index (χ0n) is 7.91. The molecule has 2 aromatic rings. The lowest BCUT2D eigenvalue weighted by Crippen LogP contribution is -2.08. The van der Waals surface area contributed by atoms with Crippen LogP contribution in [0.1, 0.15) is 17.5 Å². The predicted molar refractivity (Wildman–Crippen MR) is 54.7 cm³/mol. The fraction of sp³-hybridized carbons (Fsp3) is 0.100. The van der Waals surface area contributed by atoms with E-state index in [2.05, 4.69) is 15.0 Å². The lowest BCUT2D eigenvalue weighted by Gasteiger charge is -2.10. The summed E-state index contributed by atoms with van der Waals surface area (Å²) in [5.74, 6) is 0.606. The van der Waals surface area contributed by atoms with E-state index < -0.39 is 6.10 Å². The number of aromatic nitrogens is 3. The molecule has 0 bridgehead atoms. The standard InChI is InChI=1S/C10H10N4O/c11-9-7(3-1-4-12-9)8(15)10-13-5-2-6-14-10/h1-6,8,15H,(H2,11,12). The van der Waals surface area contributed by atoms with Crippen LogP contribution in [0.2, 0.25) is 0 Å². The van der Waals surface area contributed by atoms with E-state index in [0.717, 1.165) is 0 Å². The molecule has 2 aromatic heterocycles. The third-order valence-corrected chi connectivity index (χ3v) is 2.00. The third kappa shape index (κ3) is 1.92. The number of pyridine rings is 1. The monoisotopic (exact) mass is 202 g/mol. The van der Waals surface area contributed by atoms with Gasteiger partial charge in [0.1, 0.15) is 11.9 Å². The van der Waals surface area contributed by atoms with E-state index in [9.17, 15) is 5.11 Å². The van der Waals surface area contributed by atoms with Crippen LogP contribution in [0.25, 0.3) is 0 Å². The smallest absolute Gasteiger partial charge is 0.161 e. The zero-order valence-corrected chi connectivity index (χ0v) is 7.91. The molecule has 0 saturated carbocycles. The van der Waals surface area contributed by atoms with Gasteiger partial charge in [-0.25, -0.2) is 15.0 Å². The van der Waals surface area contributed by atoms with Gasteiger partial charge in [0.15, 0.2) is 5.82 Å². The Labute approximate surface area is 86.6 Å². The molecule has 5 nitrogen and oxygen atoms in total. The fourth-order valence-electron chi connectivity index (χ4n) is 1.25. The first kappa shape index (κ1) is 9.54. The highest BCUT2D eigenvalue weighted by Gasteiger charge is 2.15. The van der Waals surface area contributed by atoms with Crippen LogP contribution in [0.15, 0.2) is 36.8 Å². The van der Waals surface area contributed by atoms with Crippen LogP contribution in [-0.4, -0.2) is 20.1 Å². The van der Waals surface area contributed by atoms with Gasteiger partial charge in [0.2, 0.25) is 0 Å². The normalized spacial score (nSPS) is 12.3. The molecule has 0 radical (unpaired) electrons. The van der Waals surface area contributed by atoms with Crippen molar-refractivity contribution in [1.82, 2.24) is 15.0 Å². The number of hydrogen-bond donors (Lipinski definition) is 2. The van der Waals surface area contributed by atoms with Crippen LogP contribution in [0.4, 0.5) is 5.82 Å². The summed E-state index contributed by atoms with van der Waals surface area (Å²) in [6.07, 6.45) is 3.77. The molecule has 0 aliphatic carbocycles. The van der Waals surface area contributed by atoms with Crippen molar-refractivity contribution in [3.05, 3.63) is 48.2 Å². The average molecular weight is 202 g/mol. The van der Waals surface area contributed by atoms with Crippen molar-refractivity contribution in [3.63, 3.8) is 0 Å². The summed E-state index contributed by atoms with van der Waals surface area (Å²) >= 11 is 0. The first-order valence-electron chi connectivity index (χ1n) is 4.44. The van der Waals surface area contributed by atoms with Crippen LogP contribution in [-0.2, 0) is 0 Å². The van der Waals surface area contributed by atoms with Gasteiger partial charge in [0, 0.05) is 24.2 Å². The Kier molecular flexibility index (Phi) is 2.55. The molecule has 0 amide bonds. The summed E-state index contributed by atoms with van der Waals surface area (Å²) < 4.78 is 0. The number of aliphatic hydroxyl groups is 1. The minimum Gasteiger partial charge on any atom is -0.383 e. The molecule has 15 heavy (non-hydrogen) atoms. The topological polar surface area (TPSA) is 84.9 Å². The highest BCUT2D eigenvalue weighted by molar-refractivity contribution is 5.42. The number of aliphatic hydroxyl groups excluding tert-OH is 1. The second-order valence-corrected chi connectivity index (χ2v) is 2.99. The molecule has 0 aliphatic rings. The van der Waals surface area contributed by atoms with Gasteiger partial charge < -0.3 is 10.8 Å². The van der Waals surface area contributed by atoms with Gasteiger partial charge in [-0.15, -0.1) is 0 Å². The van der Waals surface area contributed by atoms with Gasteiger partial charge in [-0.3, -0.25) is 0 Å². The molecule has 0 saturated heterocycles. The van der Waals surface area contributed by atoms with E-state index in [4.69, 9.17) is 5.73 Å². The maximum Gasteiger partial charge on any atom is 0.161 e. The molecule has 3 N–H and O–H groups in total. The first-order valence-corrected chi connectivity index (χ1v) is 4.44. The number of rotatable bonds is 2. The molecule has 0 fully saturated rings. The second-order valence-electron chi connectivity index (χ2n) is 2.99. The van der Waals surface area contributed by atoms with Crippen molar-refractivity contribution >= 4 is 5.82 Å². The van der Waals surface area contributed by atoms with Crippen molar-refractivity contribution in [2.24, 2.45) is 0 Å². The molecule has 76 valence electrons. The van der Waals surface area contributed by atoms with E-state index in [1.165, 1.54) is 0 Å². The van der Waals surface area contributed by atoms with Crippen LogP contribution >= 0.6 is 0 Å². The Morgan fingerprint density at radius 1 is 1.07 bits per heavy atom. The molecular weight excluding hydrogens is 192 g/mol. The van der Waals surface area contributed by atoms with Crippen LogP contribution in [0.3, 0.4) is 0 Å². The average Bonchev–Trinajstić information content (AvgIpc) is 2.30. The molecular formula is C10H10N4O. The van der Waals surface area contributed by atoms with Gasteiger partial charge in [-0.05, 0) is 12.1 Å². The number of nitrogen functional groups attached to an aromatic ring is 1. The minimum atomic E-state index is -0.931. The molecule has 1 unspecified atom stereocenters. The lowest BCUT2D eigenvalue weighted by molar-refractivity contribution is 0.210. The lowest BCUT2D eigenvalue weighted by atomic mass is 10.1. The van der Waals surface area contributed by atoms with E-state index in [0.29, 0.717) is 11.4 Å². The van der Waals surface area contributed by atoms with Crippen molar-refractivity contribution in [2.45, 2.75) is 6.10 Å². The maximum absolute atomic E-state index is 9.93. The molecule has 1 atom stereocenters. The third-order valence-electron chi connectivity index (χ3n) is 2.00. The Hall–Kier alpha value is -2.01. The Morgan fingerprint density at radius 2 is 1.73 bits per heavy atom. The number of hydrogen-bond acceptors (Lipinski definition) is 5. The van der Waals surface area contributed by atoms with Crippen molar-refractivity contribution in [1.29, 1.82) is 0 Å². The quantitative estimate of drug-likeness (QED) is 0.742. The van der Waals surface area contributed by atoms with Crippen LogP contribution in [0.5, 0.6) is 0 Å². The number of nitrogens with two attached hydrogens (primary N) is 1. The number of nitrogens with zero attached hydrogens (tertiary/aromatic N) is 3. The summed E-state index contributed by atoms with van der Waals surface area (Å²) in [6, 6.07) is 5.09. The van der Waals surface area contributed by atoms with Crippen LogP contribution < -0.4 is 5.73 Å². The molecule has 0 spiro atoms. The molecule has 0 aromatic carbocycles. The van der Waals surface area contributed by atoms with Crippen molar-refractivity contribution in [2.75, 3.05) is 5.73 Å². The van der Waals surface area contributed by atoms with Gasteiger partial charge in [0.05, 0.1) is 0 Å². The van der Waals surface area contributed by atoms with E-state index in [-0.39, 0.29) is 5.82 Å². The highest BCUT2D eigenvalue weighted by Crippen LogP contribution is 2.21. The predicted octanol–water partition coefficient (Wildman–Crippen LogP) is 0.536.